The third-order valence-electron chi connectivity index (χ3n) is 7.67. The summed E-state index contributed by atoms with van der Waals surface area (Å²) in [6, 6.07) is 7.26. The molecule has 41 heavy (non-hydrogen) atoms. The van der Waals surface area contributed by atoms with Gasteiger partial charge in [-0.2, -0.15) is 0 Å². The van der Waals surface area contributed by atoms with E-state index in [0.717, 1.165) is 15.9 Å². The molecule has 2 aromatic heterocycles. The summed E-state index contributed by atoms with van der Waals surface area (Å²) < 4.78 is 14.3. The summed E-state index contributed by atoms with van der Waals surface area (Å²) in [4.78, 5) is 53.5. The molecule has 1 atom stereocenters. The number of carboxylic acids is 1. The molecule has 0 unspecified atom stereocenters. The van der Waals surface area contributed by atoms with Crippen molar-refractivity contribution < 1.29 is 29.3 Å². The predicted molar refractivity (Wildman–Crippen MR) is 155 cm³/mol. The van der Waals surface area contributed by atoms with E-state index in [-0.39, 0.29) is 39.8 Å². The lowest BCUT2D eigenvalue weighted by atomic mass is 9.94. The maximum absolute atomic E-state index is 14.1. The second kappa shape index (κ2) is 12.2. The lowest BCUT2D eigenvalue weighted by molar-refractivity contribution is -0.146. The van der Waals surface area contributed by atoms with E-state index in [9.17, 15) is 29.4 Å². The molecule has 1 aromatic carbocycles. The molecule has 222 valence electrons. The molecule has 0 saturated heterocycles. The van der Waals surface area contributed by atoms with Crippen molar-refractivity contribution in [3.8, 4) is 5.75 Å². The number of aliphatic carboxylic acids is 1. The number of aliphatic hydroxyl groups excluding tert-OH is 1. The lowest BCUT2D eigenvalue weighted by Crippen LogP contribution is -2.52. The molecular weight excluding hydrogens is 550 g/mol. The van der Waals surface area contributed by atoms with E-state index in [2.05, 4.69) is 5.32 Å². The lowest BCUT2D eigenvalue weighted by Gasteiger charge is -2.31. The quantitative estimate of drug-likeness (QED) is 0.328. The van der Waals surface area contributed by atoms with E-state index in [0.29, 0.717) is 49.1 Å². The Morgan fingerprint density at radius 3 is 2.44 bits per heavy atom. The van der Waals surface area contributed by atoms with Crippen molar-refractivity contribution in [3.05, 3.63) is 61.1 Å². The van der Waals surface area contributed by atoms with E-state index in [1.165, 1.54) is 25.5 Å². The Morgan fingerprint density at radius 1 is 1.17 bits per heavy atom. The Labute approximate surface area is 241 Å². The summed E-state index contributed by atoms with van der Waals surface area (Å²) in [5.41, 5.74) is -2.41. The van der Waals surface area contributed by atoms with Crippen molar-refractivity contribution >= 4 is 33.4 Å². The third-order valence-corrected chi connectivity index (χ3v) is 8.99. The van der Waals surface area contributed by atoms with Gasteiger partial charge in [-0.1, -0.05) is 18.2 Å². The fourth-order valence-electron chi connectivity index (χ4n) is 5.28. The van der Waals surface area contributed by atoms with Gasteiger partial charge in [0, 0.05) is 12.1 Å². The standard InChI is InChI=1S/C29H37N3O8S/c1-6-30-24(34)23-16(2)22-25(35)32(29(3,4)27(36)37)28(38)31(26(22)41-23)15-21(19-9-7-8-10-20(19)39-5)40-18-13-11-17(33)12-14-18/h7-10,17-18,21,33H,6,11-15H2,1-5H3,(H,30,34)(H,36,37)/t17-,18-,21-/m0/s1. The SMILES string of the molecule is CCNC(=O)c1sc2c(c1C)c(=O)n(C(C)(C)C(=O)O)c(=O)n2C[C@H](O[C@H]1CC[C@H](O)CC1)c1ccccc1OC. The van der Waals surface area contributed by atoms with E-state index in [1.807, 2.05) is 18.2 Å². The summed E-state index contributed by atoms with van der Waals surface area (Å²) in [5.74, 6) is -1.19. The number of hydrogen-bond donors (Lipinski definition) is 3. The second-order valence-electron chi connectivity index (χ2n) is 10.8. The van der Waals surface area contributed by atoms with Crippen molar-refractivity contribution in [2.24, 2.45) is 0 Å². The third kappa shape index (κ3) is 5.81. The fourth-order valence-corrected chi connectivity index (χ4v) is 6.50. The molecule has 3 N–H and O–H groups in total. The molecular formula is C29H37N3O8S. The highest BCUT2D eigenvalue weighted by Gasteiger charge is 2.36. The number of para-hydroxylation sites is 1. The number of rotatable bonds is 10. The molecule has 0 bridgehead atoms. The number of aromatic nitrogens is 2. The molecule has 0 spiro atoms. The van der Waals surface area contributed by atoms with Crippen LogP contribution in [-0.4, -0.2) is 57.1 Å². The number of hydrogen-bond acceptors (Lipinski definition) is 8. The first-order chi connectivity index (χ1) is 19.4. The first-order valence-corrected chi connectivity index (χ1v) is 14.5. The van der Waals surface area contributed by atoms with Gasteiger partial charge in [-0.05, 0) is 65.0 Å². The highest BCUT2D eigenvalue weighted by Crippen LogP contribution is 2.35. The highest BCUT2D eigenvalue weighted by atomic mass is 32.1. The predicted octanol–water partition coefficient (Wildman–Crippen LogP) is 3.17. The monoisotopic (exact) mass is 587 g/mol. The van der Waals surface area contributed by atoms with Crippen LogP contribution in [-0.2, 0) is 21.6 Å². The zero-order chi connectivity index (χ0) is 30.1. The molecule has 1 fully saturated rings. The number of carbonyl (C=O) groups is 2. The summed E-state index contributed by atoms with van der Waals surface area (Å²) in [6.45, 7) is 6.29. The Bertz CT molecular complexity index is 1560. The number of benzene rings is 1. The van der Waals surface area contributed by atoms with Gasteiger partial charge in [-0.25, -0.2) is 14.2 Å². The number of amides is 1. The first kappa shape index (κ1) is 30.5. The number of nitrogens with zero attached hydrogens (tertiary/aromatic N) is 2. The fraction of sp³-hybridized carbons (Fsp3) is 0.517. The van der Waals surface area contributed by atoms with Crippen LogP contribution in [0.1, 0.15) is 73.4 Å². The average molecular weight is 588 g/mol. The maximum atomic E-state index is 14.1. The van der Waals surface area contributed by atoms with Crippen molar-refractivity contribution in [2.75, 3.05) is 13.7 Å². The van der Waals surface area contributed by atoms with Crippen molar-refractivity contribution in [3.63, 3.8) is 0 Å². The zero-order valence-corrected chi connectivity index (χ0v) is 24.7. The average Bonchev–Trinajstić information content (AvgIpc) is 3.28. The van der Waals surface area contributed by atoms with E-state index in [4.69, 9.17) is 9.47 Å². The molecule has 1 saturated carbocycles. The van der Waals surface area contributed by atoms with Crippen LogP contribution in [0.4, 0.5) is 0 Å². The molecule has 3 aromatic rings. The maximum Gasteiger partial charge on any atom is 0.333 e. The highest BCUT2D eigenvalue weighted by molar-refractivity contribution is 7.20. The van der Waals surface area contributed by atoms with E-state index >= 15 is 0 Å². The molecule has 2 heterocycles. The van der Waals surface area contributed by atoms with Crippen LogP contribution in [0, 0.1) is 6.92 Å². The van der Waals surface area contributed by atoms with Crippen LogP contribution < -0.4 is 21.3 Å². The number of ether oxygens (including phenoxy) is 2. The van der Waals surface area contributed by atoms with Crippen LogP contribution in [0.2, 0.25) is 0 Å². The largest absolute Gasteiger partial charge is 0.496 e. The Hall–Kier alpha value is -3.48. The van der Waals surface area contributed by atoms with Crippen molar-refractivity contribution in [1.29, 1.82) is 0 Å². The number of aliphatic hydroxyl groups is 1. The molecule has 12 heteroatoms. The molecule has 1 aliphatic carbocycles. The van der Waals surface area contributed by atoms with Crippen LogP contribution in [0.5, 0.6) is 5.75 Å². The Morgan fingerprint density at radius 2 is 1.83 bits per heavy atom. The minimum absolute atomic E-state index is 0.0699. The van der Waals surface area contributed by atoms with Crippen LogP contribution in [0.25, 0.3) is 10.2 Å². The first-order valence-electron chi connectivity index (χ1n) is 13.7. The molecule has 1 amide bonds. The number of aryl methyl sites for hydroxylation is 1. The van der Waals surface area contributed by atoms with Gasteiger partial charge >= 0.3 is 11.7 Å². The number of fused-ring (bicyclic) bond motifs is 1. The van der Waals surface area contributed by atoms with Crippen LogP contribution in [0.15, 0.2) is 33.9 Å². The second-order valence-corrected chi connectivity index (χ2v) is 11.8. The number of nitrogens with one attached hydrogen (secondary N) is 1. The van der Waals surface area contributed by atoms with Gasteiger partial charge in [-0.3, -0.25) is 14.2 Å². The van der Waals surface area contributed by atoms with E-state index < -0.39 is 28.9 Å². The Balaban J connectivity index is 1.97. The van der Waals surface area contributed by atoms with Gasteiger partial charge in [0.15, 0.2) is 0 Å². The van der Waals surface area contributed by atoms with Gasteiger partial charge in [0.2, 0.25) is 0 Å². The number of methoxy groups -OCH3 is 1. The minimum Gasteiger partial charge on any atom is -0.496 e. The smallest absolute Gasteiger partial charge is 0.333 e. The zero-order valence-electron chi connectivity index (χ0n) is 23.9. The molecule has 4 rings (SSSR count). The minimum atomic E-state index is -1.87. The normalized spacial score (nSPS) is 18.3. The van der Waals surface area contributed by atoms with Gasteiger partial charge in [0.1, 0.15) is 22.2 Å². The van der Waals surface area contributed by atoms with Gasteiger partial charge < -0.3 is 25.0 Å². The van der Waals surface area contributed by atoms with Gasteiger partial charge in [-0.15, -0.1) is 11.3 Å². The van der Waals surface area contributed by atoms with E-state index in [1.54, 1.807) is 19.9 Å². The summed E-state index contributed by atoms with van der Waals surface area (Å²) >= 11 is 1.02. The van der Waals surface area contributed by atoms with Crippen LogP contribution >= 0.6 is 11.3 Å². The topological polar surface area (TPSA) is 149 Å². The molecule has 0 radical (unpaired) electrons. The molecule has 1 aliphatic rings. The van der Waals surface area contributed by atoms with Gasteiger partial charge in [0.05, 0.1) is 36.1 Å². The summed E-state index contributed by atoms with van der Waals surface area (Å²) in [5, 5.41) is 22.8. The number of carboxylic acid groups (broad SMARTS) is 1. The molecule has 11 nitrogen and oxygen atoms in total. The number of thiophene rings is 1. The van der Waals surface area contributed by atoms with Crippen molar-refractivity contribution in [2.45, 2.75) is 83.8 Å². The Kier molecular flexibility index (Phi) is 9.05. The molecule has 0 aliphatic heterocycles. The number of carbonyl (C=O) groups excluding carboxylic acids is 1. The van der Waals surface area contributed by atoms with Gasteiger partial charge in [0.25, 0.3) is 11.5 Å². The van der Waals surface area contributed by atoms with Crippen LogP contribution in [0.3, 0.4) is 0 Å². The summed E-state index contributed by atoms with van der Waals surface area (Å²) in [7, 11) is 1.54. The summed E-state index contributed by atoms with van der Waals surface area (Å²) in [6.07, 6.45) is 1.13. The van der Waals surface area contributed by atoms with Crippen molar-refractivity contribution in [1.82, 2.24) is 14.5 Å².